The number of carbonyl (C=O) groups is 1. The highest BCUT2D eigenvalue weighted by Gasteiger charge is 2.10. The number of rotatable bonds is 6. The molecule has 1 aromatic heterocycles. The van der Waals surface area contributed by atoms with Gasteiger partial charge < -0.3 is 15.2 Å². The van der Waals surface area contributed by atoms with Crippen molar-refractivity contribution in [2.45, 2.75) is 20.1 Å². The predicted octanol–water partition coefficient (Wildman–Crippen LogP) is 3.51. The third kappa shape index (κ3) is 3.59. The fourth-order valence-corrected chi connectivity index (χ4v) is 2.82. The van der Waals surface area contributed by atoms with Gasteiger partial charge in [0.2, 0.25) is 0 Å². The van der Waals surface area contributed by atoms with Crippen LogP contribution in [-0.4, -0.2) is 18.2 Å². The van der Waals surface area contributed by atoms with Crippen LogP contribution in [0.5, 0.6) is 0 Å². The van der Waals surface area contributed by atoms with E-state index in [9.17, 15) is 4.79 Å². The van der Waals surface area contributed by atoms with E-state index in [2.05, 4.69) is 5.32 Å². The van der Waals surface area contributed by atoms with E-state index in [1.54, 1.807) is 13.2 Å². The highest BCUT2D eigenvalue weighted by Crippen LogP contribution is 2.23. The lowest BCUT2D eigenvalue weighted by Gasteiger charge is -2.08. The van der Waals surface area contributed by atoms with Crippen molar-refractivity contribution in [3.05, 3.63) is 51.2 Å². The van der Waals surface area contributed by atoms with Crippen molar-refractivity contribution >= 4 is 23.0 Å². The smallest absolute Gasteiger partial charge is 0.345 e. The van der Waals surface area contributed by atoms with Crippen molar-refractivity contribution in [3.8, 4) is 0 Å². The van der Waals surface area contributed by atoms with Crippen molar-refractivity contribution in [1.82, 2.24) is 0 Å². The van der Waals surface area contributed by atoms with Crippen LogP contribution in [0.3, 0.4) is 0 Å². The van der Waals surface area contributed by atoms with Crippen LogP contribution in [0.1, 0.15) is 25.7 Å². The van der Waals surface area contributed by atoms with E-state index in [4.69, 9.17) is 9.84 Å². The number of methoxy groups -OCH3 is 1. The molecule has 4 nitrogen and oxygen atoms in total. The average Bonchev–Trinajstić information content (AvgIpc) is 2.79. The molecular weight excluding hydrogens is 274 g/mol. The lowest BCUT2D eigenvalue weighted by molar-refractivity contribution is 0.0702. The Labute approximate surface area is 122 Å². The first-order chi connectivity index (χ1) is 9.60. The predicted molar refractivity (Wildman–Crippen MR) is 80.5 cm³/mol. The first-order valence-corrected chi connectivity index (χ1v) is 7.06. The fourth-order valence-electron chi connectivity index (χ4n) is 1.94. The molecule has 1 heterocycles. The SMILES string of the molecule is COCc1cccc(NCc2cc(C(=O)O)sc2C)c1. The Morgan fingerprint density at radius 1 is 1.40 bits per heavy atom. The zero-order valence-corrected chi connectivity index (χ0v) is 12.3. The molecule has 0 spiro atoms. The third-order valence-corrected chi connectivity index (χ3v) is 4.03. The molecule has 0 bridgehead atoms. The molecule has 1 aromatic carbocycles. The lowest BCUT2D eigenvalue weighted by Crippen LogP contribution is -2.00. The highest BCUT2D eigenvalue weighted by atomic mass is 32.1. The Kier molecular flexibility index (Phi) is 4.76. The molecule has 0 saturated carbocycles. The summed E-state index contributed by atoms with van der Waals surface area (Å²) >= 11 is 1.31. The molecule has 0 aliphatic carbocycles. The minimum absolute atomic E-state index is 0.382. The van der Waals surface area contributed by atoms with Crippen LogP contribution < -0.4 is 5.32 Å². The monoisotopic (exact) mass is 291 g/mol. The Morgan fingerprint density at radius 2 is 2.20 bits per heavy atom. The van der Waals surface area contributed by atoms with Crippen molar-refractivity contribution in [1.29, 1.82) is 0 Å². The fraction of sp³-hybridized carbons (Fsp3) is 0.267. The van der Waals surface area contributed by atoms with Gasteiger partial charge in [-0.1, -0.05) is 12.1 Å². The topological polar surface area (TPSA) is 58.6 Å². The third-order valence-electron chi connectivity index (χ3n) is 2.95. The van der Waals surface area contributed by atoms with Crippen LogP contribution in [0.4, 0.5) is 5.69 Å². The number of aromatic carboxylic acids is 1. The van der Waals surface area contributed by atoms with Crippen LogP contribution >= 0.6 is 11.3 Å². The summed E-state index contributed by atoms with van der Waals surface area (Å²) in [6, 6.07) is 9.73. The Bertz CT molecular complexity index is 607. The van der Waals surface area contributed by atoms with E-state index in [1.165, 1.54) is 11.3 Å². The summed E-state index contributed by atoms with van der Waals surface area (Å²) in [5, 5.41) is 12.3. The first-order valence-electron chi connectivity index (χ1n) is 6.24. The summed E-state index contributed by atoms with van der Waals surface area (Å²) in [7, 11) is 1.67. The molecule has 0 aliphatic heterocycles. The molecule has 20 heavy (non-hydrogen) atoms. The molecule has 0 unspecified atom stereocenters. The number of carboxylic acids is 1. The largest absolute Gasteiger partial charge is 0.477 e. The van der Waals surface area contributed by atoms with Crippen molar-refractivity contribution in [3.63, 3.8) is 0 Å². The van der Waals surface area contributed by atoms with Gasteiger partial charge in [-0.25, -0.2) is 4.79 Å². The van der Waals surface area contributed by atoms with Gasteiger partial charge in [-0.15, -0.1) is 11.3 Å². The van der Waals surface area contributed by atoms with Gasteiger partial charge in [-0.05, 0) is 36.2 Å². The van der Waals surface area contributed by atoms with Gasteiger partial charge in [0.15, 0.2) is 0 Å². The molecule has 0 saturated heterocycles. The average molecular weight is 291 g/mol. The summed E-state index contributed by atoms with van der Waals surface area (Å²) in [5.74, 6) is -0.869. The van der Waals surface area contributed by atoms with Gasteiger partial charge in [0.25, 0.3) is 0 Å². The molecule has 2 aromatic rings. The van der Waals surface area contributed by atoms with E-state index in [1.807, 2.05) is 31.2 Å². The standard InChI is InChI=1S/C15H17NO3S/c1-10-12(7-14(20-10)15(17)18)8-16-13-5-3-4-11(6-13)9-19-2/h3-7,16H,8-9H2,1-2H3,(H,17,18). The molecule has 0 radical (unpaired) electrons. The van der Waals surface area contributed by atoms with E-state index in [0.29, 0.717) is 18.0 Å². The number of thiophene rings is 1. The van der Waals surface area contributed by atoms with Gasteiger partial charge in [0.05, 0.1) is 6.61 Å². The summed E-state index contributed by atoms with van der Waals surface area (Å²) in [4.78, 5) is 12.3. The molecule has 2 N–H and O–H groups in total. The highest BCUT2D eigenvalue weighted by molar-refractivity contribution is 7.14. The summed E-state index contributed by atoms with van der Waals surface area (Å²) in [6.07, 6.45) is 0. The van der Waals surface area contributed by atoms with Crippen LogP contribution in [-0.2, 0) is 17.9 Å². The summed E-state index contributed by atoms with van der Waals surface area (Å²) in [6.45, 7) is 3.14. The first kappa shape index (κ1) is 14.6. The van der Waals surface area contributed by atoms with Gasteiger partial charge in [0, 0.05) is 24.2 Å². The number of hydrogen-bond donors (Lipinski definition) is 2. The zero-order chi connectivity index (χ0) is 14.5. The lowest BCUT2D eigenvalue weighted by atomic mass is 10.2. The maximum Gasteiger partial charge on any atom is 0.345 e. The zero-order valence-electron chi connectivity index (χ0n) is 11.5. The van der Waals surface area contributed by atoms with E-state index >= 15 is 0 Å². The van der Waals surface area contributed by atoms with Gasteiger partial charge in [-0.2, -0.15) is 0 Å². The molecule has 0 aliphatic rings. The van der Waals surface area contributed by atoms with Gasteiger partial charge in [0.1, 0.15) is 4.88 Å². The number of carboxylic acid groups (broad SMARTS) is 1. The van der Waals surface area contributed by atoms with E-state index in [0.717, 1.165) is 21.7 Å². The number of hydrogen-bond acceptors (Lipinski definition) is 4. The molecule has 106 valence electrons. The van der Waals surface area contributed by atoms with Crippen molar-refractivity contribution < 1.29 is 14.6 Å². The maximum atomic E-state index is 10.9. The summed E-state index contributed by atoms with van der Waals surface area (Å²) < 4.78 is 5.10. The van der Waals surface area contributed by atoms with Crippen LogP contribution in [0.25, 0.3) is 0 Å². The quantitative estimate of drug-likeness (QED) is 0.855. The van der Waals surface area contributed by atoms with Crippen molar-refractivity contribution in [2.24, 2.45) is 0 Å². The van der Waals surface area contributed by atoms with Crippen LogP contribution in [0.15, 0.2) is 30.3 Å². The molecular formula is C15H17NO3S. The second-order valence-electron chi connectivity index (χ2n) is 4.48. The molecule has 5 heteroatoms. The Morgan fingerprint density at radius 3 is 2.85 bits per heavy atom. The van der Waals surface area contributed by atoms with Gasteiger partial charge in [-0.3, -0.25) is 0 Å². The number of aryl methyl sites for hydroxylation is 1. The number of nitrogens with one attached hydrogen (secondary N) is 1. The number of benzene rings is 1. The second-order valence-corrected chi connectivity index (χ2v) is 5.74. The summed E-state index contributed by atoms with van der Waals surface area (Å²) in [5.41, 5.74) is 3.12. The van der Waals surface area contributed by atoms with Crippen LogP contribution in [0.2, 0.25) is 0 Å². The van der Waals surface area contributed by atoms with E-state index in [-0.39, 0.29) is 0 Å². The second kappa shape index (κ2) is 6.54. The minimum Gasteiger partial charge on any atom is -0.477 e. The van der Waals surface area contributed by atoms with Crippen molar-refractivity contribution in [2.75, 3.05) is 12.4 Å². The molecule has 0 fully saturated rings. The normalized spacial score (nSPS) is 10.5. The minimum atomic E-state index is -0.869. The van der Waals surface area contributed by atoms with Gasteiger partial charge >= 0.3 is 5.97 Å². The number of anilines is 1. The van der Waals surface area contributed by atoms with E-state index < -0.39 is 5.97 Å². The Hall–Kier alpha value is -1.85. The maximum absolute atomic E-state index is 10.9. The molecule has 2 rings (SSSR count). The number of ether oxygens (including phenoxy) is 1. The molecule has 0 atom stereocenters. The molecule has 0 amide bonds. The Balaban J connectivity index is 2.05. The van der Waals surface area contributed by atoms with Crippen LogP contribution in [0, 0.1) is 6.92 Å².